The molecular formula is C33H26ClN3. The molecule has 2 aliphatic carbocycles. The lowest BCUT2D eigenvalue weighted by Gasteiger charge is -2.36. The summed E-state index contributed by atoms with van der Waals surface area (Å²) in [5.74, 6) is 0.720. The van der Waals surface area contributed by atoms with E-state index in [1.165, 1.54) is 54.4 Å². The highest BCUT2D eigenvalue weighted by Crippen LogP contribution is 2.56. The number of nitrogens with zero attached hydrogens (tertiary/aromatic N) is 3. The van der Waals surface area contributed by atoms with Crippen molar-refractivity contribution in [1.29, 1.82) is 0 Å². The number of benzene rings is 3. The van der Waals surface area contributed by atoms with Gasteiger partial charge in [-0.05, 0) is 59.4 Å². The Morgan fingerprint density at radius 1 is 0.595 bits per heavy atom. The Hall–Kier alpha value is -3.82. The van der Waals surface area contributed by atoms with Crippen LogP contribution in [0.4, 0.5) is 0 Å². The van der Waals surface area contributed by atoms with Gasteiger partial charge in [-0.1, -0.05) is 97.6 Å². The van der Waals surface area contributed by atoms with Crippen molar-refractivity contribution in [1.82, 2.24) is 15.0 Å². The van der Waals surface area contributed by atoms with E-state index < -0.39 is 0 Å². The van der Waals surface area contributed by atoms with E-state index in [4.69, 9.17) is 21.6 Å². The summed E-state index contributed by atoms with van der Waals surface area (Å²) in [4.78, 5) is 14.6. The topological polar surface area (TPSA) is 38.7 Å². The summed E-state index contributed by atoms with van der Waals surface area (Å²) in [6, 6.07) is 31.9. The third-order valence-electron chi connectivity index (χ3n) is 8.02. The second kappa shape index (κ2) is 8.93. The number of aromatic nitrogens is 3. The lowest BCUT2D eigenvalue weighted by Crippen LogP contribution is -2.28. The number of hydrogen-bond acceptors (Lipinski definition) is 3. The molecule has 0 bridgehead atoms. The molecule has 1 spiro atoms. The molecule has 0 amide bonds. The van der Waals surface area contributed by atoms with Gasteiger partial charge in [0, 0.05) is 22.7 Å². The fourth-order valence-corrected chi connectivity index (χ4v) is 6.39. The second-order valence-corrected chi connectivity index (χ2v) is 10.6. The van der Waals surface area contributed by atoms with Crippen molar-refractivity contribution in [2.45, 2.75) is 37.5 Å². The zero-order valence-electron chi connectivity index (χ0n) is 20.5. The molecule has 0 aliphatic heterocycles. The van der Waals surface area contributed by atoms with Gasteiger partial charge in [0.2, 0.25) is 0 Å². The molecule has 1 fully saturated rings. The Kier molecular flexibility index (Phi) is 5.40. The van der Waals surface area contributed by atoms with Crippen LogP contribution in [0.2, 0.25) is 5.02 Å². The van der Waals surface area contributed by atoms with Crippen LogP contribution >= 0.6 is 11.6 Å². The van der Waals surface area contributed by atoms with Crippen LogP contribution in [0.25, 0.3) is 45.2 Å². The molecule has 2 aliphatic rings. The lowest BCUT2D eigenvalue weighted by atomic mass is 9.67. The van der Waals surface area contributed by atoms with Crippen molar-refractivity contribution in [3.63, 3.8) is 0 Å². The maximum absolute atomic E-state index is 6.12. The first-order chi connectivity index (χ1) is 18.2. The van der Waals surface area contributed by atoms with Gasteiger partial charge in [-0.2, -0.15) is 0 Å². The van der Waals surface area contributed by atoms with Gasteiger partial charge >= 0.3 is 0 Å². The Bertz CT molecular complexity index is 1600. The maximum Gasteiger partial charge on any atom is 0.160 e. The number of halogens is 1. The summed E-state index contributed by atoms with van der Waals surface area (Å²) in [5, 5.41) is 0.609. The van der Waals surface area contributed by atoms with E-state index >= 15 is 0 Å². The highest BCUT2D eigenvalue weighted by atomic mass is 35.5. The van der Waals surface area contributed by atoms with Gasteiger partial charge in [-0.3, -0.25) is 4.98 Å². The SMILES string of the molecule is Clc1ccc(-c2cc(-c3ccccc3)nc(-c3ccc4c(c3)C3(CCCCC3)c3ccccc3-4)n2)nc1. The quantitative estimate of drug-likeness (QED) is 0.249. The highest BCUT2D eigenvalue weighted by molar-refractivity contribution is 6.30. The molecule has 180 valence electrons. The Labute approximate surface area is 222 Å². The average molecular weight is 500 g/mol. The largest absolute Gasteiger partial charge is 0.253 e. The van der Waals surface area contributed by atoms with Gasteiger partial charge < -0.3 is 0 Å². The monoisotopic (exact) mass is 499 g/mol. The highest BCUT2D eigenvalue weighted by Gasteiger charge is 2.43. The summed E-state index contributed by atoms with van der Waals surface area (Å²) < 4.78 is 0. The van der Waals surface area contributed by atoms with E-state index in [1.807, 2.05) is 36.4 Å². The second-order valence-electron chi connectivity index (χ2n) is 10.1. The van der Waals surface area contributed by atoms with E-state index in [2.05, 4.69) is 59.6 Å². The molecule has 0 N–H and O–H groups in total. The number of rotatable bonds is 3. The third-order valence-corrected chi connectivity index (χ3v) is 8.24. The zero-order valence-corrected chi connectivity index (χ0v) is 21.2. The van der Waals surface area contributed by atoms with Crippen LogP contribution in [0, 0.1) is 0 Å². The predicted molar refractivity (Wildman–Crippen MR) is 150 cm³/mol. The van der Waals surface area contributed by atoms with Gasteiger partial charge in [-0.15, -0.1) is 0 Å². The van der Waals surface area contributed by atoms with Crippen LogP contribution in [0.15, 0.2) is 97.2 Å². The van der Waals surface area contributed by atoms with Crippen LogP contribution in [0.3, 0.4) is 0 Å². The van der Waals surface area contributed by atoms with E-state index in [-0.39, 0.29) is 5.41 Å². The summed E-state index contributed by atoms with van der Waals surface area (Å²) in [5.41, 5.74) is 10.3. The fourth-order valence-electron chi connectivity index (χ4n) is 6.28. The Morgan fingerprint density at radius 3 is 2.16 bits per heavy atom. The Morgan fingerprint density at radius 2 is 1.35 bits per heavy atom. The number of fused-ring (bicyclic) bond motifs is 5. The molecule has 2 heterocycles. The van der Waals surface area contributed by atoms with Gasteiger partial charge in [0.1, 0.15) is 0 Å². The molecule has 3 nitrogen and oxygen atoms in total. The Balaban J connectivity index is 1.41. The first-order valence-corrected chi connectivity index (χ1v) is 13.4. The standard InChI is InChI=1S/C33H26ClN3/c34-24-14-16-29(35-21-24)31-20-30(22-9-3-1-4-10-22)36-32(37-31)23-13-15-26-25-11-5-6-12-27(25)33(28(26)19-23)17-7-2-8-18-33/h1,3-6,9-16,19-21H,2,7-8,17-18H2. The molecule has 4 heteroatoms. The molecule has 37 heavy (non-hydrogen) atoms. The molecule has 5 aromatic rings. The van der Waals surface area contributed by atoms with Gasteiger partial charge in [-0.25, -0.2) is 9.97 Å². The summed E-state index contributed by atoms with van der Waals surface area (Å²) in [7, 11) is 0. The van der Waals surface area contributed by atoms with Crippen LogP contribution in [0.5, 0.6) is 0 Å². The average Bonchev–Trinajstić information content (AvgIpc) is 3.23. The molecule has 2 aromatic heterocycles. The minimum absolute atomic E-state index is 0.0950. The zero-order chi connectivity index (χ0) is 24.8. The summed E-state index contributed by atoms with van der Waals surface area (Å²) in [6.07, 6.45) is 7.92. The van der Waals surface area contributed by atoms with Crippen molar-refractivity contribution in [2.75, 3.05) is 0 Å². The molecular weight excluding hydrogens is 474 g/mol. The summed E-state index contributed by atoms with van der Waals surface area (Å²) >= 11 is 6.12. The van der Waals surface area contributed by atoms with Crippen molar-refractivity contribution in [2.24, 2.45) is 0 Å². The first-order valence-electron chi connectivity index (χ1n) is 13.0. The third kappa shape index (κ3) is 3.77. The van der Waals surface area contributed by atoms with Gasteiger partial charge in [0.25, 0.3) is 0 Å². The molecule has 1 saturated carbocycles. The molecule has 0 atom stereocenters. The maximum atomic E-state index is 6.12. The van der Waals surface area contributed by atoms with Crippen LogP contribution in [0.1, 0.15) is 43.2 Å². The predicted octanol–water partition coefficient (Wildman–Crippen LogP) is 8.76. The van der Waals surface area contributed by atoms with Crippen molar-refractivity contribution >= 4 is 11.6 Å². The van der Waals surface area contributed by atoms with Crippen LogP contribution in [-0.2, 0) is 5.41 Å². The number of pyridine rings is 1. The normalized spacial score (nSPS) is 15.4. The molecule has 0 saturated heterocycles. The van der Waals surface area contributed by atoms with Crippen molar-refractivity contribution < 1.29 is 0 Å². The molecule has 7 rings (SSSR count). The first kappa shape index (κ1) is 22.4. The van der Waals surface area contributed by atoms with Crippen LogP contribution < -0.4 is 0 Å². The van der Waals surface area contributed by atoms with E-state index in [0.717, 1.165) is 34.0 Å². The van der Waals surface area contributed by atoms with E-state index in [9.17, 15) is 0 Å². The van der Waals surface area contributed by atoms with E-state index in [0.29, 0.717) is 5.02 Å². The minimum Gasteiger partial charge on any atom is -0.253 e. The van der Waals surface area contributed by atoms with E-state index in [1.54, 1.807) is 6.20 Å². The van der Waals surface area contributed by atoms with Crippen molar-refractivity contribution in [3.05, 3.63) is 113 Å². The fraction of sp³-hybridized carbons (Fsp3) is 0.182. The van der Waals surface area contributed by atoms with Gasteiger partial charge in [0.05, 0.1) is 22.1 Å². The molecule has 0 unspecified atom stereocenters. The molecule has 3 aromatic carbocycles. The van der Waals surface area contributed by atoms with Crippen LogP contribution in [-0.4, -0.2) is 15.0 Å². The minimum atomic E-state index is 0.0950. The molecule has 0 radical (unpaired) electrons. The number of hydrogen-bond donors (Lipinski definition) is 0. The smallest absolute Gasteiger partial charge is 0.160 e. The lowest BCUT2D eigenvalue weighted by molar-refractivity contribution is 0.353. The van der Waals surface area contributed by atoms with Crippen molar-refractivity contribution in [3.8, 4) is 45.2 Å². The van der Waals surface area contributed by atoms with Gasteiger partial charge in [0.15, 0.2) is 5.82 Å². The summed E-state index contributed by atoms with van der Waals surface area (Å²) in [6.45, 7) is 0.